The Kier molecular flexibility index (Phi) is 4.74. The largest absolute Gasteiger partial charge is 0.441 e. The number of aryl methyl sites for hydroxylation is 2. The lowest BCUT2D eigenvalue weighted by Crippen LogP contribution is -2.27. The van der Waals surface area contributed by atoms with Crippen LogP contribution in [0.25, 0.3) is 11.3 Å². The van der Waals surface area contributed by atoms with Gasteiger partial charge in [-0.1, -0.05) is 42.5 Å². The number of rotatable bonds is 5. The van der Waals surface area contributed by atoms with E-state index in [1.807, 2.05) is 36.4 Å². The number of hydrogen-bond donors (Lipinski definition) is 0. The molecule has 0 saturated carbocycles. The van der Waals surface area contributed by atoms with Crippen LogP contribution in [-0.2, 0) is 16.6 Å². The summed E-state index contributed by atoms with van der Waals surface area (Å²) in [7, 11) is -2.03. The van der Waals surface area contributed by atoms with Gasteiger partial charge in [-0.25, -0.2) is 13.4 Å². The zero-order valence-electron chi connectivity index (χ0n) is 14.4. The Bertz CT molecular complexity index is 979. The zero-order chi connectivity index (χ0) is 18.0. The van der Waals surface area contributed by atoms with E-state index in [0.29, 0.717) is 29.3 Å². The van der Waals surface area contributed by atoms with Crippen molar-refractivity contribution in [1.82, 2.24) is 9.29 Å². The Morgan fingerprint density at radius 1 is 1.08 bits per heavy atom. The van der Waals surface area contributed by atoms with Gasteiger partial charge in [-0.05, 0) is 24.1 Å². The van der Waals surface area contributed by atoms with Crippen molar-refractivity contribution in [3.8, 4) is 11.3 Å². The smallest absolute Gasteiger partial charge is 0.243 e. The summed E-state index contributed by atoms with van der Waals surface area (Å²) in [5.41, 5.74) is 2.33. The molecule has 1 heterocycles. The summed E-state index contributed by atoms with van der Waals surface area (Å²) >= 11 is 0. The summed E-state index contributed by atoms with van der Waals surface area (Å²) in [4.78, 5) is 4.35. The van der Waals surface area contributed by atoms with Gasteiger partial charge in [0.05, 0.1) is 11.1 Å². The first kappa shape index (κ1) is 17.4. The molecule has 3 aromatic rings. The van der Waals surface area contributed by atoms with E-state index < -0.39 is 10.0 Å². The molecule has 0 saturated heterocycles. The maximum atomic E-state index is 13.0. The lowest BCUT2D eigenvalue weighted by Gasteiger charge is -2.19. The highest BCUT2D eigenvalue weighted by Gasteiger charge is 2.24. The van der Waals surface area contributed by atoms with Crippen LogP contribution in [0.2, 0.25) is 0 Å². The normalized spacial score (nSPS) is 11.8. The monoisotopic (exact) mass is 356 g/mol. The molecule has 0 fully saturated rings. The standard InChI is InChI=1S/C19H20N2O3S/c1-14-9-10-17(18-12-20-15(2)24-18)11-19(14)25(22,23)21(3)13-16-7-5-4-6-8-16/h4-12H,13H2,1-3H3. The average Bonchev–Trinajstić information content (AvgIpc) is 3.02. The van der Waals surface area contributed by atoms with E-state index in [1.54, 1.807) is 39.2 Å². The Balaban J connectivity index is 1.96. The van der Waals surface area contributed by atoms with E-state index in [-0.39, 0.29) is 4.90 Å². The highest BCUT2D eigenvalue weighted by Crippen LogP contribution is 2.27. The van der Waals surface area contributed by atoms with Crippen molar-refractivity contribution in [2.45, 2.75) is 25.3 Å². The second kappa shape index (κ2) is 6.82. The summed E-state index contributed by atoms with van der Waals surface area (Å²) in [5.74, 6) is 1.10. The molecule has 0 aliphatic carbocycles. The number of nitrogens with zero attached hydrogens (tertiary/aromatic N) is 2. The van der Waals surface area contributed by atoms with E-state index in [2.05, 4.69) is 4.98 Å². The van der Waals surface area contributed by atoms with Crippen LogP contribution in [0.5, 0.6) is 0 Å². The lowest BCUT2D eigenvalue weighted by molar-refractivity contribution is 0.466. The first-order valence-electron chi connectivity index (χ1n) is 7.91. The van der Waals surface area contributed by atoms with Gasteiger partial charge in [0, 0.05) is 26.1 Å². The minimum Gasteiger partial charge on any atom is -0.441 e. The molecule has 3 rings (SSSR count). The van der Waals surface area contributed by atoms with Crippen LogP contribution in [0.1, 0.15) is 17.0 Å². The second-order valence-electron chi connectivity index (χ2n) is 5.97. The molecule has 0 bridgehead atoms. The SMILES string of the molecule is Cc1ncc(-c2ccc(C)c(S(=O)(=O)N(C)Cc3ccccc3)c2)o1. The molecule has 5 nitrogen and oxygen atoms in total. The van der Waals surface area contributed by atoms with Crippen molar-refractivity contribution in [2.75, 3.05) is 7.05 Å². The van der Waals surface area contributed by atoms with Gasteiger partial charge < -0.3 is 4.42 Å². The molecule has 0 amide bonds. The Labute approximate surface area is 148 Å². The fourth-order valence-electron chi connectivity index (χ4n) is 2.62. The maximum absolute atomic E-state index is 13.0. The molecule has 0 aliphatic heterocycles. The van der Waals surface area contributed by atoms with Crippen LogP contribution in [0.15, 0.2) is 64.0 Å². The van der Waals surface area contributed by atoms with Crippen molar-refractivity contribution < 1.29 is 12.8 Å². The summed E-state index contributed by atoms with van der Waals surface area (Å²) < 4.78 is 32.9. The van der Waals surface area contributed by atoms with Crippen LogP contribution < -0.4 is 0 Å². The second-order valence-corrected chi connectivity index (χ2v) is 7.98. The van der Waals surface area contributed by atoms with E-state index in [4.69, 9.17) is 4.42 Å². The third-order valence-electron chi connectivity index (χ3n) is 4.03. The van der Waals surface area contributed by atoms with Crippen LogP contribution in [0.4, 0.5) is 0 Å². The van der Waals surface area contributed by atoms with E-state index in [9.17, 15) is 8.42 Å². The van der Waals surface area contributed by atoms with Crippen LogP contribution in [0.3, 0.4) is 0 Å². The molecule has 0 atom stereocenters. The molecule has 0 radical (unpaired) electrons. The molecule has 130 valence electrons. The van der Waals surface area contributed by atoms with Crippen molar-refractivity contribution >= 4 is 10.0 Å². The average molecular weight is 356 g/mol. The number of aromatic nitrogens is 1. The minimum atomic E-state index is -3.62. The van der Waals surface area contributed by atoms with Crippen molar-refractivity contribution in [2.24, 2.45) is 0 Å². The maximum Gasteiger partial charge on any atom is 0.243 e. The fourth-order valence-corrected chi connectivity index (χ4v) is 4.03. The molecule has 1 aromatic heterocycles. The van der Waals surface area contributed by atoms with Crippen molar-refractivity contribution in [3.63, 3.8) is 0 Å². The number of hydrogen-bond acceptors (Lipinski definition) is 4. The van der Waals surface area contributed by atoms with Crippen molar-refractivity contribution in [3.05, 3.63) is 71.7 Å². The van der Waals surface area contributed by atoms with Crippen LogP contribution >= 0.6 is 0 Å². The molecule has 0 aliphatic rings. The lowest BCUT2D eigenvalue weighted by atomic mass is 10.1. The third kappa shape index (κ3) is 3.65. The summed E-state index contributed by atoms with van der Waals surface area (Å²) in [6.45, 7) is 3.86. The highest BCUT2D eigenvalue weighted by atomic mass is 32.2. The molecular formula is C19H20N2O3S. The van der Waals surface area contributed by atoms with Crippen LogP contribution in [0, 0.1) is 13.8 Å². The van der Waals surface area contributed by atoms with Gasteiger partial charge >= 0.3 is 0 Å². The molecule has 25 heavy (non-hydrogen) atoms. The first-order valence-corrected chi connectivity index (χ1v) is 9.35. The highest BCUT2D eigenvalue weighted by molar-refractivity contribution is 7.89. The van der Waals surface area contributed by atoms with E-state index in [0.717, 1.165) is 5.56 Å². The minimum absolute atomic E-state index is 0.275. The van der Waals surface area contributed by atoms with Gasteiger partial charge in [0.2, 0.25) is 10.0 Å². The summed E-state index contributed by atoms with van der Waals surface area (Å²) in [6.07, 6.45) is 1.60. The zero-order valence-corrected chi connectivity index (χ0v) is 15.2. The van der Waals surface area contributed by atoms with Gasteiger partial charge in [0.25, 0.3) is 0 Å². The summed E-state index contributed by atoms with van der Waals surface area (Å²) in [5, 5.41) is 0. The Hall–Kier alpha value is -2.44. The molecule has 6 heteroatoms. The number of benzene rings is 2. The molecule has 0 unspecified atom stereocenters. The quantitative estimate of drug-likeness (QED) is 0.698. The third-order valence-corrected chi connectivity index (χ3v) is 5.98. The predicted octanol–water partition coefficient (Wildman–Crippen LogP) is 3.78. The van der Waals surface area contributed by atoms with Gasteiger partial charge in [-0.15, -0.1) is 0 Å². The van der Waals surface area contributed by atoms with Gasteiger partial charge in [-0.3, -0.25) is 0 Å². The predicted molar refractivity (Wildman–Crippen MR) is 96.5 cm³/mol. The van der Waals surface area contributed by atoms with Gasteiger partial charge in [-0.2, -0.15) is 4.31 Å². The molecule has 0 N–H and O–H groups in total. The summed E-state index contributed by atoms with van der Waals surface area (Å²) in [6, 6.07) is 14.8. The van der Waals surface area contributed by atoms with Gasteiger partial charge in [0.15, 0.2) is 11.7 Å². The Morgan fingerprint density at radius 2 is 1.80 bits per heavy atom. The molecule has 0 spiro atoms. The first-order chi connectivity index (χ1) is 11.9. The molecular weight excluding hydrogens is 336 g/mol. The number of sulfonamides is 1. The Morgan fingerprint density at radius 3 is 2.44 bits per heavy atom. The van der Waals surface area contributed by atoms with Crippen LogP contribution in [-0.4, -0.2) is 24.8 Å². The van der Waals surface area contributed by atoms with Crippen molar-refractivity contribution in [1.29, 1.82) is 0 Å². The topological polar surface area (TPSA) is 63.4 Å². The molecule has 2 aromatic carbocycles. The van der Waals surface area contributed by atoms with E-state index >= 15 is 0 Å². The fraction of sp³-hybridized carbons (Fsp3) is 0.211. The number of oxazole rings is 1. The van der Waals surface area contributed by atoms with E-state index in [1.165, 1.54) is 4.31 Å². The van der Waals surface area contributed by atoms with Gasteiger partial charge in [0.1, 0.15) is 0 Å².